The average molecular weight is 244 g/mol. The van der Waals surface area contributed by atoms with E-state index in [4.69, 9.17) is 0 Å². The van der Waals surface area contributed by atoms with Crippen LogP contribution in [0.1, 0.15) is 25.2 Å². The Morgan fingerprint density at radius 1 is 1.00 bits per heavy atom. The van der Waals surface area contributed by atoms with Gasteiger partial charge in [0.25, 0.3) is 0 Å². The Bertz CT molecular complexity index is 595. The summed E-state index contributed by atoms with van der Waals surface area (Å²) in [7, 11) is 0. The van der Waals surface area contributed by atoms with Gasteiger partial charge < -0.3 is 9.36 Å². The summed E-state index contributed by atoms with van der Waals surface area (Å²) >= 11 is 1.63. The molecule has 2 aromatic rings. The molecule has 0 unspecified atom stereocenters. The van der Waals surface area contributed by atoms with Gasteiger partial charge in [0.1, 0.15) is 0 Å². The molecule has 17 heavy (non-hydrogen) atoms. The van der Waals surface area contributed by atoms with E-state index in [9.17, 15) is 0 Å². The van der Waals surface area contributed by atoms with Crippen molar-refractivity contribution in [3.63, 3.8) is 0 Å². The maximum absolute atomic E-state index is 3.45. The fourth-order valence-electron chi connectivity index (χ4n) is 1.62. The predicted molar refractivity (Wildman–Crippen MR) is 77.6 cm³/mol. The third-order valence-electron chi connectivity index (χ3n) is 2.38. The molecule has 0 saturated heterocycles. The number of aromatic amines is 2. The highest BCUT2D eigenvalue weighted by Crippen LogP contribution is 2.17. The second-order valence-corrected chi connectivity index (χ2v) is 4.50. The van der Waals surface area contributed by atoms with Crippen LogP contribution in [0.5, 0.6) is 0 Å². The Hall–Kier alpha value is -1.74. The maximum atomic E-state index is 3.45. The summed E-state index contributed by atoms with van der Waals surface area (Å²) in [4.78, 5) is 3.45. The summed E-state index contributed by atoms with van der Waals surface area (Å²) in [6, 6.07) is 8.28. The first-order chi connectivity index (χ1) is 8.35. The standard InChI is InChI=1S/C14H16N2S/c1-3-7-11-12(8-4-2)16-17-14-10-6-5-9-13(14)15-11/h3-10,15-16H,1-2H3/b7-3-,8-4-. The molecule has 2 nitrogen and oxygen atoms in total. The van der Waals surface area contributed by atoms with Gasteiger partial charge in [-0.15, -0.1) is 0 Å². The molecule has 0 saturated carbocycles. The van der Waals surface area contributed by atoms with Crippen LogP contribution in [-0.4, -0.2) is 9.36 Å². The lowest BCUT2D eigenvalue weighted by atomic mass is 10.2. The highest BCUT2D eigenvalue weighted by Gasteiger charge is 1.97. The zero-order valence-corrected chi connectivity index (χ0v) is 10.8. The van der Waals surface area contributed by atoms with E-state index in [0.29, 0.717) is 0 Å². The van der Waals surface area contributed by atoms with Gasteiger partial charge in [-0.3, -0.25) is 0 Å². The SMILES string of the molecule is C/C=C\c1[nH]sc2ccccc2[nH]c1/C=C\C. The molecule has 0 aliphatic rings. The number of aromatic nitrogens is 2. The van der Waals surface area contributed by atoms with E-state index < -0.39 is 0 Å². The summed E-state index contributed by atoms with van der Waals surface area (Å²) in [6.45, 7) is 4.04. The van der Waals surface area contributed by atoms with Crippen molar-refractivity contribution in [3.05, 3.63) is 47.8 Å². The highest BCUT2D eigenvalue weighted by molar-refractivity contribution is 7.12. The lowest BCUT2D eigenvalue weighted by Gasteiger charge is -1.95. The van der Waals surface area contributed by atoms with Gasteiger partial charge in [-0.25, -0.2) is 0 Å². The van der Waals surface area contributed by atoms with E-state index in [2.05, 4.69) is 33.6 Å². The molecule has 3 heteroatoms. The number of H-pyrrole nitrogens is 2. The van der Waals surface area contributed by atoms with Crippen LogP contribution in [0.15, 0.2) is 36.4 Å². The van der Waals surface area contributed by atoms with E-state index in [0.717, 1.165) is 16.9 Å². The van der Waals surface area contributed by atoms with Crippen LogP contribution in [0.2, 0.25) is 0 Å². The summed E-state index contributed by atoms with van der Waals surface area (Å²) in [5.74, 6) is 0. The van der Waals surface area contributed by atoms with Crippen molar-refractivity contribution < 1.29 is 0 Å². The first-order valence-electron chi connectivity index (χ1n) is 5.63. The highest BCUT2D eigenvalue weighted by atomic mass is 32.1. The van der Waals surface area contributed by atoms with E-state index in [1.54, 1.807) is 11.5 Å². The normalized spacial score (nSPS) is 11.6. The van der Waals surface area contributed by atoms with Crippen LogP contribution in [0.4, 0.5) is 0 Å². The average Bonchev–Trinajstić information content (AvgIpc) is 2.51. The lowest BCUT2D eigenvalue weighted by Crippen LogP contribution is -1.83. The number of fused-ring (bicyclic) bond motifs is 1. The number of para-hydroxylation sites is 1. The molecule has 88 valence electrons. The second-order valence-electron chi connectivity index (χ2n) is 3.65. The van der Waals surface area contributed by atoms with Gasteiger partial charge in [0.05, 0.1) is 21.6 Å². The van der Waals surface area contributed by atoms with Gasteiger partial charge in [-0.05, 0) is 38.1 Å². The third-order valence-corrected chi connectivity index (χ3v) is 3.28. The molecule has 0 bridgehead atoms. The molecule has 0 aliphatic heterocycles. The molecule has 1 aromatic carbocycles. The zero-order valence-electron chi connectivity index (χ0n) is 10.0. The Kier molecular flexibility index (Phi) is 3.83. The van der Waals surface area contributed by atoms with Crippen LogP contribution in [0, 0.1) is 0 Å². The molecule has 1 aromatic heterocycles. The number of hydrogen-bond acceptors (Lipinski definition) is 1. The van der Waals surface area contributed by atoms with Crippen molar-refractivity contribution in [2.75, 3.05) is 0 Å². The molecule has 0 amide bonds. The second kappa shape index (κ2) is 5.55. The molecule has 0 atom stereocenters. The smallest absolute Gasteiger partial charge is 0.0709 e. The third kappa shape index (κ3) is 2.68. The Labute approximate surface area is 105 Å². The van der Waals surface area contributed by atoms with E-state index in [1.165, 1.54) is 4.70 Å². The number of benzene rings is 1. The molecule has 0 spiro atoms. The van der Waals surface area contributed by atoms with Crippen molar-refractivity contribution in [1.29, 1.82) is 0 Å². The summed E-state index contributed by atoms with van der Waals surface area (Å²) in [6.07, 6.45) is 8.21. The van der Waals surface area contributed by atoms with Crippen LogP contribution < -0.4 is 0 Å². The Morgan fingerprint density at radius 2 is 1.71 bits per heavy atom. The molecule has 0 fully saturated rings. The van der Waals surface area contributed by atoms with Crippen molar-refractivity contribution in [1.82, 2.24) is 9.36 Å². The van der Waals surface area contributed by atoms with Crippen molar-refractivity contribution >= 4 is 33.9 Å². The molecule has 0 aliphatic carbocycles. The minimum absolute atomic E-state index is 1.09. The zero-order chi connectivity index (χ0) is 12.1. The van der Waals surface area contributed by atoms with Crippen LogP contribution in [0.25, 0.3) is 22.4 Å². The van der Waals surface area contributed by atoms with Gasteiger partial charge in [0.15, 0.2) is 0 Å². The summed E-state index contributed by atoms with van der Waals surface area (Å²) in [5, 5.41) is 0. The fraction of sp³-hybridized carbons (Fsp3) is 0.143. The van der Waals surface area contributed by atoms with E-state index in [-0.39, 0.29) is 0 Å². The fourth-order valence-corrected chi connectivity index (χ4v) is 2.40. The number of hydrogen-bond donors (Lipinski definition) is 2. The summed E-state index contributed by atoms with van der Waals surface area (Å²) in [5.41, 5.74) is 3.31. The molecule has 1 heterocycles. The largest absolute Gasteiger partial charge is 0.353 e. The van der Waals surface area contributed by atoms with Crippen LogP contribution >= 0.6 is 11.5 Å². The summed E-state index contributed by atoms with van der Waals surface area (Å²) < 4.78 is 4.57. The maximum Gasteiger partial charge on any atom is 0.0709 e. The monoisotopic (exact) mass is 244 g/mol. The van der Waals surface area contributed by atoms with Gasteiger partial charge in [-0.1, -0.05) is 35.8 Å². The number of allylic oxidation sites excluding steroid dienone is 2. The van der Waals surface area contributed by atoms with Crippen molar-refractivity contribution in [3.8, 4) is 0 Å². The van der Waals surface area contributed by atoms with Crippen molar-refractivity contribution in [2.24, 2.45) is 0 Å². The molecular weight excluding hydrogens is 228 g/mol. The number of rotatable bonds is 2. The van der Waals surface area contributed by atoms with E-state index in [1.807, 2.05) is 38.1 Å². The Balaban J connectivity index is 2.77. The Morgan fingerprint density at radius 3 is 2.47 bits per heavy atom. The quantitative estimate of drug-likeness (QED) is 0.764. The van der Waals surface area contributed by atoms with Gasteiger partial charge in [0.2, 0.25) is 0 Å². The molecule has 0 radical (unpaired) electrons. The minimum Gasteiger partial charge on any atom is -0.353 e. The molecule has 2 rings (SSSR count). The van der Waals surface area contributed by atoms with Gasteiger partial charge in [-0.2, -0.15) is 0 Å². The first kappa shape index (κ1) is 11.7. The minimum atomic E-state index is 1.09. The topological polar surface area (TPSA) is 31.6 Å². The van der Waals surface area contributed by atoms with Gasteiger partial charge in [0, 0.05) is 0 Å². The van der Waals surface area contributed by atoms with Crippen molar-refractivity contribution in [2.45, 2.75) is 13.8 Å². The molecule has 2 N–H and O–H groups in total. The van der Waals surface area contributed by atoms with Crippen LogP contribution in [0.3, 0.4) is 0 Å². The lowest BCUT2D eigenvalue weighted by molar-refractivity contribution is 1.32. The van der Waals surface area contributed by atoms with E-state index >= 15 is 0 Å². The van der Waals surface area contributed by atoms with Gasteiger partial charge >= 0.3 is 0 Å². The van der Waals surface area contributed by atoms with Crippen LogP contribution in [-0.2, 0) is 0 Å². The first-order valence-corrected chi connectivity index (χ1v) is 6.45. The number of nitrogens with one attached hydrogen (secondary N) is 2. The molecular formula is C14H16N2S. The predicted octanol–water partition coefficient (Wildman–Crippen LogP) is 4.75.